The third-order valence-electron chi connectivity index (χ3n) is 9.56. The molecule has 0 unspecified atom stereocenters. The summed E-state index contributed by atoms with van der Waals surface area (Å²) in [7, 11) is 0. The molecule has 1 spiro atoms. The quantitative estimate of drug-likeness (QED) is 0.178. The summed E-state index contributed by atoms with van der Waals surface area (Å²) in [5.74, 6) is 0. The number of allylic oxidation sites excluding steroid dienone is 10. The molecule has 0 fully saturated rings. The van der Waals surface area contributed by atoms with E-state index in [-0.39, 0.29) is 5.41 Å². The largest absolute Gasteiger partial charge is 0.0657 e. The Hall–Kier alpha value is -4.94. The van der Waals surface area contributed by atoms with Gasteiger partial charge in [-0.3, -0.25) is 0 Å². The monoisotopic (exact) mass is 520 g/mol. The standard InChI is InChI=1S/C25H16.C16H12/c1-3-9-19-17(7-1)15-23-21(19)11-5-13-25(23)14-6-12-22-20-10-4-2-8-18(20)16-24(22)25;1-2-4-13-10-16-14(9-12(13)3-1)6-5-11-7-8-15(11)16/h1-16H;1-6,9-10H,7-8H2. The van der Waals surface area contributed by atoms with E-state index >= 15 is 0 Å². The second-order valence-electron chi connectivity index (χ2n) is 11.7. The second kappa shape index (κ2) is 8.53. The number of aryl methyl sites for hydroxylation is 2. The predicted octanol–water partition coefficient (Wildman–Crippen LogP) is 10.2. The minimum Gasteiger partial charge on any atom is -0.0657 e. The molecule has 5 aliphatic rings. The Kier molecular flexibility index (Phi) is 4.75. The molecule has 0 heteroatoms. The van der Waals surface area contributed by atoms with Crippen molar-refractivity contribution in [3.63, 3.8) is 0 Å². The molecule has 41 heavy (non-hydrogen) atoms. The van der Waals surface area contributed by atoms with Gasteiger partial charge < -0.3 is 0 Å². The van der Waals surface area contributed by atoms with E-state index in [0.717, 1.165) is 0 Å². The van der Waals surface area contributed by atoms with E-state index in [4.69, 9.17) is 0 Å². The first-order chi connectivity index (χ1) is 20.3. The lowest BCUT2D eigenvalue weighted by Crippen LogP contribution is -2.24. The van der Waals surface area contributed by atoms with E-state index in [1.165, 1.54) is 78.9 Å². The van der Waals surface area contributed by atoms with E-state index < -0.39 is 0 Å². The van der Waals surface area contributed by atoms with E-state index in [9.17, 15) is 0 Å². The van der Waals surface area contributed by atoms with Crippen LogP contribution in [0.1, 0.15) is 33.4 Å². The zero-order valence-corrected chi connectivity index (χ0v) is 22.8. The van der Waals surface area contributed by atoms with Crippen molar-refractivity contribution in [3.8, 4) is 0 Å². The van der Waals surface area contributed by atoms with Gasteiger partial charge in [-0.2, -0.15) is 0 Å². The second-order valence-corrected chi connectivity index (χ2v) is 11.7. The smallest absolute Gasteiger partial charge is 0.0581 e. The highest BCUT2D eigenvalue weighted by Crippen LogP contribution is 2.58. The zero-order valence-electron chi connectivity index (χ0n) is 22.8. The molecule has 0 nitrogen and oxygen atoms in total. The van der Waals surface area contributed by atoms with Gasteiger partial charge in [0.15, 0.2) is 0 Å². The van der Waals surface area contributed by atoms with E-state index in [0.29, 0.717) is 0 Å². The van der Waals surface area contributed by atoms with E-state index in [2.05, 4.69) is 146 Å². The highest BCUT2D eigenvalue weighted by molar-refractivity contribution is 6.05. The van der Waals surface area contributed by atoms with Crippen LogP contribution >= 0.6 is 0 Å². The van der Waals surface area contributed by atoms with Gasteiger partial charge in [0.05, 0.1) is 5.41 Å². The van der Waals surface area contributed by atoms with Gasteiger partial charge in [-0.05, 0) is 114 Å². The molecular formula is C41H28. The first kappa shape index (κ1) is 22.8. The molecule has 0 amide bonds. The third kappa shape index (κ3) is 3.28. The van der Waals surface area contributed by atoms with Crippen molar-refractivity contribution in [1.82, 2.24) is 0 Å². The SMILES string of the molecule is C1=CC2(C=CC=C3C2=Cc2ccccc23)C2=Cc3ccccc3C2=C1.c1ccc2cc3c4c(ccc3cc2c1)CC4. The summed E-state index contributed by atoms with van der Waals surface area (Å²) >= 11 is 0. The van der Waals surface area contributed by atoms with Crippen LogP contribution < -0.4 is 0 Å². The lowest BCUT2D eigenvalue weighted by molar-refractivity contribution is 0.754. The fourth-order valence-electron chi connectivity index (χ4n) is 7.42. The normalized spacial score (nSPS) is 17.7. The average molecular weight is 521 g/mol. The number of rotatable bonds is 0. The highest BCUT2D eigenvalue weighted by Gasteiger charge is 2.43. The molecule has 10 rings (SSSR count). The molecule has 192 valence electrons. The van der Waals surface area contributed by atoms with Gasteiger partial charge >= 0.3 is 0 Å². The Balaban J connectivity index is 0.000000129. The topological polar surface area (TPSA) is 0 Å². The van der Waals surface area contributed by atoms with Crippen molar-refractivity contribution in [1.29, 1.82) is 0 Å². The average Bonchev–Trinajstić information content (AvgIpc) is 3.58. The Morgan fingerprint density at radius 1 is 0.512 bits per heavy atom. The van der Waals surface area contributed by atoms with Gasteiger partial charge in [0, 0.05) is 0 Å². The van der Waals surface area contributed by atoms with Gasteiger partial charge in [-0.1, -0.05) is 121 Å². The summed E-state index contributed by atoms with van der Waals surface area (Å²) in [6, 6.07) is 35.2. The number of fused-ring (bicyclic) bond motifs is 12. The number of hydrogen-bond acceptors (Lipinski definition) is 0. The van der Waals surface area contributed by atoms with Gasteiger partial charge in [0.2, 0.25) is 0 Å². The molecule has 0 saturated carbocycles. The molecule has 0 aliphatic heterocycles. The third-order valence-corrected chi connectivity index (χ3v) is 9.56. The summed E-state index contributed by atoms with van der Waals surface area (Å²) in [4.78, 5) is 0. The molecule has 0 N–H and O–H groups in total. The summed E-state index contributed by atoms with van der Waals surface area (Å²) in [5.41, 5.74) is 13.8. The van der Waals surface area contributed by atoms with Crippen LogP contribution in [0.4, 0.5) is 0 Å². The first-order valence-corrected chi connectivity index (χ1v) is 14.6. The summed E-state index contributed by atoms with van der Waals surface area (Å²) in [6.07, 6.45) is 21.0. The van der Waals surface area contributed by atoms with Gasteiger partial charge in [-0.25, -0.2) is 0 Å². The van der Waals surface area contributed by atoms with Crippen molar-refractivity contribution >= 4 is 44.8 Å². The Bertz CT molecular complexity index is 2040. The Labute approximate surface area is 240 Å². The molecule has 0 aromatic heterocycles. The Morgan fingerprint density at radius 2 is 1.10 bits per heavy atom. The Morgan fingerprint density at radius 3 is 1.71 bits per heavy atom. The molecule has 5 aromatic rings. The molecule has 5 aromatic carbocycles. The maximum atomic E-state index is 2.38. The first-order valence-electron chi connectivity index (χ1n) is 14.6. The number of benzene rings is 5. The molecular weight excluding hydrogens is 492 g/mol. The van der Waals surface area contributed by atoms with Gasteiger partial charge in [0.1, 0.15) is 0 Å². The molecule has 5 aliphatic carbocycles. The van der Waals surface area contributed by atoms with Gasteiger partial charge in [0.25, 0.3) is 0 Å². The highest BCUT2D eigenvalue weighted by atomic mass is 14.5. The maximum Gasteiger partial charge on any atom is 0.0581 e. The summed E-state index contributed by atoms with van der Waals surface area (Å²) in [5, 5.41) is 5.55. The van der Waals surface area contributed by atoms with Crippen molar-refractivity contribution in [3.05, 3.63) is 178 Å². The fraction of sp³-hybridized carbons (Fsp3) is 0.0732. The van der Waals surface area contributed by atoms with Crippen molar-refractivity contribution < 1.29 is 0 Å². The molecule has 0 heterocycles. The lowest BCUT2D eigenvalue weighted by atomic mass is 9.65. The zero-order chi connectivity index (χ0) is 27.0. The van der Waals surface area contributed by atoms with Crippen LogP contribution in [0.5, 0.6) is 0 Å². The van der Waals surface area contributed by atoms with Crippen LogP contribution in [0.15, 0.2) is 145 Å². The van der Waals surface area contributed by atoms with Crippen LogP contribution in [0.2, 0.25) is 0 Å². The van der Waals surface area contributed by atoms with Crippen LogP contribution in [-0.2, 0) is 12.8 Å². The van der Waals surface area contributed by atoms with Crippen LogP contribution in [0.3, 0.4) is 0 Å². The molecule has 0 saturated heterocycles. The van der Waals surface area contributed by atoms with Gasteiger partial charge in [-0.15, -0.1) is 0 Å². The van der Waals surface area contributed by atoms with E-state index in [1.807, 2.05) is 0 Å². The lowest BCUT2D eigenvalue weighted by Gasteiger charge is -2.36. The van der Waals surface area contributed by atoms with Crippen LogP contribution in [0.25, 0.3) is 44.8 Å². The van der Waals surface area contributed by atoms with Crippen molar-refractivity contribution in [2.24, 2.45) is 5.41 Å². The van der Waals surface area contributed by atoms with Crippen LogP contribution in [-0.4, -0.2) is 0 Å². The van der Waals surface area contributed by atoms with Crippen molar-refractivity contribution in [2.75, 3.05) is 0 Å². The van der Waals surface area contributed by atoms with Crippen LogP contribution in [0, 0.1) is 5.41 Å². The minimum absolute atomic E-state index is 0.161. The van der Waals surface area contributed by atoms with E-state index in [1.54, 1.807) is 11.1 Å². The van der Waals surface area contributed by atoms with Crippen molar-refractivity contribution in [2.45, 2.75) is 12.8 Å². The molecule has 0 radical (unpaired) electrons. The molecule has 0 bridgehead atoms. The molecule has 0 atom stereocenters. The predicted molar refractivity (Wildman–Crippen MR) is 174 cm³/mol. The summed E-state index contributed by atoms with van der Waals surface area (Å²) < 4.78 is 0. The maximum absolute atomic E-state index is 2.38. The number of hydrogen-bond donors (Lipinski definition) is 0. The summed E-state index contributed by atoms with van der Waals surface area (Å²) in [6.45, 7) is 0. The fourth-order valence-corrected chi connectivity index (χ4v) is 7.42. The minimum atomic E-state index is -0.161.